The van der Waals surface area contributed by atoms with E-state index in [1.54, 1.807) is 0 Å². The minimum absolute atomic E-state index is 0.0674. The van der Waals surface area contributed by atoms with E-state index in [1.165, 1.54) is 12.1 Å². The van der Waals surface area contributed by atoms with Gasteiger partial charge in [0.05, 0.1) is 11.2 Å². The first-order valence-electron chi connectivity index (χ1n) is 7.39. The number of aromatic hydroxyl groups is 1. The molecule has 2 N–H and O–H groups in total. The number of phenolic OH excluding ortho intramolecular Hbond substituents is 1. The molecule has 0 aliphatic carbocycles. The molecule has 0 saturated carbocycles. The second-order valence-electron chi connectivity index (χ2n) is 6.74. The molecule has 1 atom stereocenters. The van der Waals surface area contributed by atoms with E-state index in [9.17, 15) is 14.1 Å². The fraction of sp³-hybridized carbons (Fsp3) is 0.500. The van der Waals surface area contributed by atoms with Gasteiger partial charge in [-0.2, -0.15) is 0 Å². The van der Waals surface area contributed by atoms with Gasteiger partial charge in [0.1, 0.15) is 18.0 Å². The third kappa shape index (κ3) is 2.58. The van der Waals surface area contributed by atoms with Crippen molar-refractivity contribution in [3.05, 3.63) is 17.9 Å². The van der Waals surface area contributed by atoms with Crippen molar-refractivity contribution in [1.82, 2.24) is 4.72 Å². The molecule has 2 heterocycles. The highest BCUT2D eigenvalue weighted by molar-refractivity contribution is 7.85. The predicted molar refractivity (Wildman–Crippen MR) is 87.4 cm³/mol. The Labute approximate surface area is 142 Å². The van der Waals surface area contributed by atoms with Crippen LogP contribution in [0.15, 0.2) is 12.1 Å². The van der Waals surface area contributed by atoms with Gasteiger partial charge in [0.2, 0.25) is 11.2 Å². The normalized spacial score (nSPS) is 25.2. The zero-order valence-corrected chi connectivity index (χ0v) is 14.6. The summed E-state index contributed by atoms with van der Waals surface area (Å²) >= 11 is -1.95. The summed E-state index contributed by atoms with van der Waals surface area (Å²) in [7, 11) is -0.978. The van der Waals surface area contributed by atoms with Crippen LogP contribution in [-0.4, -0.2) is 40.1 Å². The molecule has 3 rings (SSSR count). The lowest BCUT2D eigenvalue weighted by Gasteiger charge is -2.32. The SMILES string of the molecule is CC1(C)OB(c2ccc(O)c(N3CC(=O)NS3=O)c2F)OC1(C)C. The average Bonchev–Trinajstić information content (AvgIpc) is 2.86. The van der Waals surface area contributed by atoms with Crippen molar-refractivity contribution in [1.29, 1.82) is 0 Å². The molecule has 0 spiro atoms. The Hall–Kier alpha value is -1.65. The number of rotatable bonds is 2. The van der Waals surface area contributed by atoms with Crippen molar-refractivity contribution < 1.29 is 27.8 Å². The molecule has 130 valence electrons. The van der Waals surface area contributed by atoms with Gasteiger partial charge in [-0.1, -0.05) is 6.07 Å². The van der Waals surface area contributed by atoms with Crippen molar-refractivity contribution in [3.8, 4) is 5.75 Å². The van der Waals surface area contributed by atoms with Gasteiger partial charge in [-0.25, -0.2) is 8.60 Å². The van der Waals surface area contributed by atoms with Gasteiger partial charge in [0, 0.05) is 5.46 Å². The molecule has 0 radical (unpaired) electrons. The van der Waals surface area contributed by atoms with E-state index in [1.807, 2.05) is 27.7 Å². The number of benzene rings is 1. The zero-order chi connectivity index (χ0) is 17.9. The second-order valence-corrected chi connectivity index (χ2v) is 7.88. The first kappa shape index (κ1) is 17.2. The molecule has 0 aromatic heterocycles. The van der Waals surface area contributed by atoms with Crippen LogP contribution in [0.2, 0.25) is 0 Å². The highest BCUT2D eigenvalue weighted by atomic mass is 32.2. The number of carbonyl (C=O) groups is 1. The van der Waals surface area contributed by atoms with Crippen molar-refractivity contribution in [2.45, 2.75) is 38.9 Å². The van der Waals surface area contributed by atoms with Crippen LogP contribution in [0.25, 0.3) is 0 Å². The van der Waals surface area contributed by atoms with Gasteiger partial charge < -0.3 is 14.4 Å². The van der Waals surface area contributed by atoms with E-state index >= 15 is 4.39 Å². The molecule has 24 heavy (non-hydrogen) atoms. The van der Waals surface area contributed by atoms with Gasteiger partial charge in [-0.05, 0) is 33.8 Å². The zero-order valence-electron chi connectivity index (χ0n) is 13.8. The number of halogens is 1. The molecule has 2 aliphatic rings. The Balaban J connectivity index is 2.02. The summed E-state index contributed by atoms with van der Waals surface area (Å²) in [6.45, 7) is 7.04. The number of amides is 1. The first-order chi connectivity index (χ1) is 11.0. The Bertz CT molecular complexity index is 726. The third-order valence-corrected chi connectivity index (χ3v) is 5.68. The lowest BCUT2D eigenvalue weighted by atomic mass is 9.78. The minimum Gasteiger partial charge on any atom is -0.506 e. The summed E-state index contributed by atoms with van der Waals surface area (Å²) in [6, 6.07) is 2.61. The summed E-state index contributed by atoms with van der Waals surface area (Å²) in [5.41, 5.74) is -1.57. The number of nitrogens with one attached hydrogen (secondary N) is 1. The largest absolute Gasteiger partial charge is 0.506 e. The van der Waals surface area contributed by atoms with Crippen molar-refractivity contribution in [3.63, 3.8) is 0 Å². The standard InChI is InChI=1S/C14H18BFN2O5S/c1-13(2)14(3,4)23-15(22-13)8-5-6-9(19)12(11(8)16)18-7-10(20)17-24(18)21/h5-6,19H,7H2,1-4H3,(H,17,20). The van der Waals surface area contributed by atoms with Crippen molar-refractivity contribution >= 4 is 35.3 Å². The Morgan fingerprint density at radius 3 is 2.38 bits per heavy atom. The first-order valence-corrected chi connectivity index (χ1v) is 8.50. The van der Waals surface area contributed by atoms with Crippen LogP contribution in [-0.2, 0) is 25.3 Å². The molecule has 1 aromatic rings. The van der Waals surface area contributed by atoms with Crippen LogP contribution < -0.4 is 14.5 Å². The van der Waals surface area contributed by atoms with Crippen LogP contribution in [0.4, 0.5) is 10.1 Å². The van der Waals surface area contributed by atoms with E-state index in [2.05, 4.69) is 4.72 Å². The molecular weight excluding hydrogens is 338 g/mol. The average molecular weight is 356 g/mol. The van der Waals surface area contributed by atoms with E-state index < -0.39 is 47.0 Å². The van der Waals surface area contributed by atoms with Crippen LogP contribution in [0.1, 0.15) is 27.7 Å². The van der Waals surface area contributed by atoms with Gasteiger partial charge in [-0.3, -0.25) is 13.8 Å². The summed E-state index contributed by atoms with van der Waals surface area (Å²) in [5, 5.41) is 9.99. The molecule has 1 amide bonds. The lowest BCUT2D eigenvalue weighted by Crippen LogP contribution is -2.41. The highest BCUT2D eigenvalue weighted by Crippen LogP contribution is 2.38. The summed E-state index contributed by atoms with van der Waals surface area (Å²) in [4.78, 5) is 11.4. The van der Waals surface area contributed by atoms with Gasteiger partial charge >= 0.3 is 7.12 Å². The molecule has 1 unspecified atom stereocenters. The maximum Gasteiger partial charge on any atom is 0.497 e. The van der Waals surface area contributed by atoms with Gasteiger partial charge in [0.15, 0.2) is 5.82 Å². The molecule has 2 fully saturated rings. The molecule has 7 nitrogen and oxygen atoms in total. The van der Waals surface area contributed by atoms with Crippen LogP contribution in [0.3, 0.4) is 0 Å². The fourth-order valence-electron chi connectivity index (χ4n) is 2.50. The summed E-state index contributed by atoms with van der Waals surface area (Å²) in [6.07, 6.45) is 0. The van der Waals surface area contributed by atoms with E-state index in [-0.39, 0.29) is 17.7 Å². The van der Waals surface area contributed by atoms with Gasteiger partial charge in [0.25, 0.3) is 5.91 Å². The number of carbonyl (C=O) groups excluding carboxylic acids is 1. The van der Waals surface area contributed by atoms with Crippen LogP contribution in [0.5, 0.6) is 5.75 Å². The third-order valence-electron chi connectivity index (χ3n) is 4.57. The molecule has 0 bridgehead atoms. The maximum absolute atomic E-state index is 15.0. The number of anilines is 1. The van der Waals surface area contributed by atoms with Crippen molar-refractivity contribution in [2.75, 3.05) is 10.8 Å². The Kier molecular flexibility index (Phi) is 3.89. The smallest absolute Gasteiger partial charge is 0.497 e. The van der Waals surface area contributed by atoms with E-state index in [0.29, 0.717) is 0 Å². The number of nitrogens with zero attached hydrogens (tertiary/aromatic N) is 1. The quantitative estimate of drug-likeness (QED) is 0.747. The van der Waals surface area contributed by atoms with Crippen LogP contribution >= 0.6 is 0 Å². The maximum atomic E-state index is 15.0. The highest BCUT2D eigenvalue weighted by Gasteiger charge is 2.53. The monoisotopic (exact) mass is 356 g/mol. The number of phenols is 1. The minimum atomic E-state index is -1.95. The summed E-state index contributed by atoms with van der Waals surface area (Å²) in [5.74, 6) is -1.77. The van der Waals surface area contributed by atoms with Crippen LogP contribution in [0, 0.1) is 5.82 Å². The Morgan fingerprint density at radius 2 is 1.88 bits per heavy atom. The second kappa shape index (κ2) is 5.43. The molecule has 10 heteroatoms. The molecule has 1 aromatic carbocycles. The molecule has 2 saturated heterocycles. The van der Waals surface area contributed by atoms with Gasteiger partial charge in [-0.15, -0.1) is 0 Å². The fourth-order valence-corrected chi connectivity index (χ4v) is 3.44. The molecular formula is C14H18BFN2O5S. The number of hydrogen-bond acceptors (Lipinski definition) is 5. The summed E-state index contributed by atoms with van der Waals surface area (Å²) < 4.78 is 41.6. The number of hydrogen-bond donors (Lipinski definition) is 2. The predicted octanol–water partition coefficient (Wildman–Crippen LogP) is 0.345. The lowest BCUT2D eigenvalue weighted by molar-refractivity contribution is -0.117. The van der Waals surface area contributed by atoms with E-state index in [0.717, 1.165) is 4.31 Å². The topological polar surface area (TPSA) is 88.1 Å². The van der Waals surface area contributed by atoms with Crippen molar-refractivity contribution in [2.24, 2.45) is 0 Å². The molecule has 2 aliphatic heterocycles. The van der Waals surface area contributed by atoms with E-state index in [4.69, 9.17) is 9.31 Å². The Morgan fingerprint density at radius 1 is 1.29 bits per heavy atom.